The maximum Gasteiger partial charge on any atom is 0.271 e. The molecule has 3 fully saturated rings. The molecule has 6 rings (SSSR count). The highest BCUT2D eigenvalue weighted by Gasteiger charge is 2.68. The molecule has 0 atom stereocenters. The van der Waals surface area contributed by atoms with Crippen molar-refractivity contribution >= 4 is 34.3 Å². The van der Waals surface area contributed by atoms with E-state index in [0.717, 1.165) is 6.07 Å². The number of nitrogens with zero attached hydrogens (tertiary/aromatic N) is 2. The number of hydrogen-bond acceptors (Lipinski definition) is 5. The van der Waals surface area contributed by atoms with Gasteiger partial charge in [-0.1, -0.05) is 11.6 Å². The van der Waals surface area contributed by atoms with E-state index >= 15 is 0 Å². The van der Waals surface area contributed by atoms with Crippen LogP contribution in [0.1, 0.15) is 36.2 Å². The number of ketones is 1. The van der Waals surface area contributed by atoms with Crippen LogP contribution in [0.3, 0.4) is 0 Å². The van der Waals surface area contributed by atoms with E-state index < -0.39 is 11.6 Å². The van der Waals surface area contributed by atoms with Gasteiger partial charge in [0.1, 0.15) is 29.7 Å². The molecule has 3 aliphatic carbocycles. The first-order chi connectivity index (χ1) is 15.2. The summed E-state index contributed by atoms with van der Waals surface area (Å²) in [6, 6.07) is 8.05. The third-order valence-electron chi connectivity index (χ3n) is 6.12. The van der Waals surface area contributed by atoms with Crippen molar-refractivity contribution in [1.29, 1.82) is 0 Å². The average Bonchev–Trinajstić information content (AvgIpc) is 2.71. The summed E-state index contributed by atoms with van der Waals surface area (Å²) in [6.45, 7) is -0.143. The Balaban J connectivity index is 1.13. The van der Waals surface area contributed by atoms with E-state index in [9.17, 15) is 18.4 Å². The zero-order chi connectivity index (χ0) is 22.5. The molecule has 1 aromatic heterocycles. The highest BCUT2D eigenvalue weighted by Crippen LogP contribution is 2.69. The molecule has 2 bridgehead atoms. The SMILES string of the molecule is O=C(COc1ccc(Cl)c(F)c1)CC12CC(NC(=O)c3cnc4cc(F)ccc4n3)(C1)C2. The molecule has 1 amide bonds. The molecule has 2 aromatic carbocycles. The number of hydrogen-bond donors (Lipinski definition) is 1. The van der Waals surface area contributed by atoms with Crippen molar-refractivity contribution in [2.24, 2.45) is 5.41 Å². The summed E-state index contributed by atoms with van der Waals surface area (Å²) in [6.07, 6.45) is 3.80. The van der Waals surface area contributed by atoms with Crippen LogP contribution in [0.2, 0.25) is 5.02 Å². The van der Waals surface area contributed by atoms with Crippen LogP contribution in [0, 0.1) is 17.0 Å². The minimum Gasteiger partial charge on any atom is -0.486 e. The van der Waals surface area contributed by atoms with Crippen LogP contribution in [0.25, 0.3) is 11.0 Å². The topological polar surface area (TPSA) is 81.2 Å². The Labute approximate surface area is 187 Å². The Bertz CT molecular complexity index is 1250. The first-order valence-electron chi connectivity index (χ1n) is 10.1. The van der Waals surface area contributed by atoms with Crippen LogP contribution in [-0.2, 0) is 4.79 Å². The summed E-state index contributed by atoms with van der Waals surface area (Å²) >= 11 is 5.63. The molecule has 3 aromatic rings. The number of nitrogens with one attached hydrogen (secondary N) is 1. The average molecular weight is 458 g/mol. The van der Waals surface area contributed by atoms with Gasteiger partial charge in [0.15, 0.2) is 5.78 Å². The maximum absolute atomic E-state index is 13.5. The minimum atomic E-state index is -0.600. The number of benzene rings is 2. The minimum absolute atomic E-state index is 0.00606. The van der Waals surface area contributed by atoms with Crippen molar-refractivity contribution in [3.05, 3.63) is 64.9 Å². The summed E-state index contributed by atoms with van der Waals surface area (Å²) in [7, 11) is 0. The van der Waals surface area contributed by atoms with Gasteiger partial charge >= 0.3 is 0 Å². The van der Waals surface area contributed by atoms with Crippen molar-refractivity contribution in [2.75, 3.05) is 6.61 Å². The van der Waals surface area contributed by atoms with Gasteiger partial charge in [0.05, 0.1) is 22.3 Å². The molecule has 3 aliphatic rings. The number of halogens is 3. The number of ether oxygens (including phenoxy) is 1. The van der Waals surface area contributed by atoms with Crippen LogP contribution >= 0.6 is 11.6 Å². The van der Waals surface area contributed by atoms with Gasteiger partial charge in [-0.15, -0.1) is 0 Å². The van der Waals surface area contributed by atoms with Gasteiger partial charge < -0.3 is 10.1 Å². The van der Waals surface area contributed by atoms with Crippen LogP contribution in [0.4, 0.5) is 8.78 Å². The molecular formula is C23H18ClF2N3O3. The number of rotatable bonds is 7. The zero-order valence-electron chi connectivity index (χ0n) is 16.8. The van der Waals surface area contributed by atoms with Gasteiger partial charge in [-0.25, -0.2) is 13.8 Å². The van der Waals surface area contributed by atoms with E-state index in [0.29, 0.717) is 36.7 Å². The standard InChI is InChI=1S/C23H18ClF2N3O3/c24-16-3-2-15(6-17(16)26)32-9-14(30)7-22-10-23(11-22,12-22)29-21(31)20-8-27-19-5-13(25)1-4-18(19)28-20/h1-6,8H,7,9-12H2,(H,29,31). The molecule has 0 radical (unpaired) electrons. The highest BCUT2D eigenvalue weighted by molar-refractivity contribution is 6.30. The van der Waals surface area contributed by atoms with E-state index in [1.54, 1.807) is 0 Å². The first-order valence-corrected chi connectivity index (χ1v) is 10.5. The molecule has 6 nitrogen and oxygen atoms in total. The predicted octanol–water partition coefficient (Wildman–Crippen LogP) is 4.25. The van der Waals surface area contributed by atoms with Crippen LogP contribution in [-0.4, -0.2) is 33.8 Å². The lowest BCUT2D eigenvalue weighted by molar-refractivity contribution is -0.162. The number of carbonyl (C=O) groups is 2. The summed E-state index contributed by atoms with van der Waals surface area (Å²) in [4.78, 5) is 33.3. The van der Waals surface area contributed by atoms with Crippen molar-refractivity contribution in [1.82, 2.24) is 15.3 Å². The second-order valence-electron chi connectivity index (χ2n) is 8.73. The second-order valence-corrected chi connectivity index (χ2v) is 9.14. The summed E-state index contributed by atoms with van der Waals surface area (Å²) in [5.41, 5.74) is 0.553. The molecule has 164 valence electrons. The lowest BCUT2D eigenvalue weighted by Crippen LogP contribution is -2.75. The molecule has 1 heterocycles. The molecular weight excluding hydrogens is 440 g/mol. The Morgan fingerprint density at radius 1 is 1.09 bits per heavy atom. The number of aromatic nitrogens is 2. The zero-order valence-corrected chi connectivity index (χ0v) is 17.6. The third-order valence-corrected chi connectivity index (χ3v) is 6.43. The smallest absolute Gasteiger partial charge is 0.271 e. The number of fused-ring (bicyclic) bond motifs is 1. The molecule has 32 heavy (non-hydrogen) atoms. The van der Waals surface area contributed by atoms with Gasteiger partial charge in [-0.05, 0) is 48.9 Å². The fourth-order valence-corrected chi connectivity index (χ4v) is 5.03. The predicted molar refractivity (Wildman–Crippen MR) is 113 cm³/mol. The van der Waals surface area contributed by atoms with Gasteiger partial charge in [0.2, 0.25) is 0 Å². The van der Waals surface area contributed by atoms with Gasteiger partial charge in [-0.3, -0.25) is 14.6 Å². The molecule has 9 heteroatoms. The fraction of sp³-hybridized carbons (Fsp3) is 0.304. The molecule has 3 saturated carbocycles. The Kier molecular flexibility index (Phi) is 4.85. The fourth-order valence-electron chi connectivity index (χ4n) is 4.92. The van der Waals surface area contributed by atoms with Gasteiger partial charge in [0, 0.05) is 24.1 Å². The van der Waals surface area contributed by atoms with Crippen molar-refractivity contribution in [2.45, 2.75) is 31.2 Å². The largest absolute Gasteiger partial charge is 0.486 e. The van der Waals surface area contributed by atoms with Crippen molar-refractivity contribution < 1.29 is 23.1 Å². The lowest BCUT2D eigenvalue weighted by Gasteiger charge is -2.70. The highest BCUT2D eigenvalue weighted by atomic mass is 35.5. The molecule has 0 unspecified atom stereocenters. The van der Waals surface area contributed by atoms with E-state index in [1.165, 1.54) is 36.5 Å². The third kappa shape index (κ3) is 3.79. The normalized spacial score (nSPS) is 23.2. The number of Topliss-reactive ketones (excluding diaryl/α,β-unsaturated/α-hetero) is 1. The molecule has 0 aliphatic heterocycles. The van der Waals surface area contributed by atoms with Gasteiger partial charge in [-0.2, -0.15) is 0 Å². The van der Waals surface area contributed by atoms with E-state index in [4.69, 9.17) is 16.3 Å². The second kappa shape index (κ2) is 7.48. The summed E-state index contributed by atoms with van der Waals surface area (Å²) in [5.74, 6) is -1.18. The molecule has 0 spiro atoms. The number of carbonyl (C=O) groups excluding carboxylic acids is 2. The summed E-state index contributed by atoms with van der Waals surface area (Å²) in [5, 5.41) is 3.00. The summed E-state index contributed by atoms with van der Waals surface area (Å²) < 4.78 is 32.1. The Morgan fingerprint density at radius 2 is 1.88 bits per heavy atom. The quantitative estimate of drug-likeness (QED) is 0.573. The van der Waals surface area contributed by atoms with Crippen LogP contribution in [0.15, 0.2) is 42.6 Å². The molecule has 1 N–H and O–H groups in total. The van der Waals surface area contributed by atoms with Crippen molar-refractivity contribution in [3.63, 3.8) is 0 Å². The maximum atomic E-state index is 13.5. The van der Waals surface area contributed by atoms with Gasteiger partial charge in [0.25, 0.3) is 5.91 Å². The van der Waals surface area contributed by atoms with Crippen LogP contribution < -0.4 is 10.1 Å². The van der Waals surface area contributed by atoms with Crippen molar-refractivity contribution in [3.8, 4) is 5.75 Å². The molecule has 0 saturated heterocycles. The van der Waals surface area contributed by atoms with E-state index in [-0.39, 0.29) is 45.7 Å². The van der Waals surface area contributed by atoms with E-state index in [1.807, 2.05) is 0 Å². The monoisotopic (exact) mass is 457 g/mol. The van der Waals surface area contributed by atoms with E-state index in [2.05, 4.69) is 15.3 Å². The first kappa shape index (κ1) is 20.8. The van der Waals surface area contributed by atoms with Crippen LogP contribution in [0.5, 0.6) is 5.75 Å². The Morgan fingerprint density at radius 3 is 2.62 bits per heavy atom. The Hall–Kier alpha value is -3.13. The lowest BCUT2D eigenvalue weighted by atomic mass is 9.38. The number of amides is 1.